The standard InChI is InChI=1S/C9H6BrFN2/c10-8-5-12-9(13-8)6-1-3-7(11)4-2-6/h1-4H,5H2. The van der Waals surface area contributed by atoms with Crippen LogP contribution in [0.2, 0.25) is 0 Å². The Morgan fingerprint density at radius 2 is 1.92 bits per heavy atom. The van der Waals surface area contributed by atoms with Crippen molar-refractivity contribution in [1.29, 1.82) is 0 Å². The van der Waals surface area contributed by atoms with E-state index in [1.165, 1.54) is 12.1 Å². The van der Waals surface area contributed by atoms with Crippen LogP contribution in [0.1, 0.15) is 5.56 Å². The monoisotopic (exact) mass is 240 g/mol. The molecule has 1 aromatic carbocycles. The lowest BCUT2D eigenvalue weighted by molar-refractivity contribution is 0.628. The van der Waals surface area contributed by atoms with Gasteiger partial charge < -0.3 is 0 Å². The summed E-state index contributed by atoms with van der Waals surface area (Å²) in [5, 5.41) is 0. The highest BCUT2D eigenvalue weighted by Crippen LogP contribution is 2.10. The first kappa shape index (κ1) is 8.56. The first-order valence-electron chi connectivity index (χ1n) is 3.79. The topological polar surface area (TPSA) is 24.7 Å². The number of aliphatic imine (C=N–C) groups is 2. The quantitative estimate of drug-likeness (QED) is 0.721. The van der Waals surface area contributed by atoms with Crippen molar-refractivity contribution >= 4 is 26.4 Å². The maximum Gasteiger partial charge on any atom is 0.155 e. The summed E-state index contributed by atoms with van der Waals surface area (Å²) in [6.45, 7) is 0.576. The van der Waals surface area contributed by atoms with Gasteiger partial charge in [-0.3, -0.25) is 4.99 Å². The summed E-state index contributed by atoms with van der Waals surface area (Å²) in [4.78, 5) is 8.31. The number of rotatable bonds is 1. The van der Waals surface area contributed by atoms with Crippen molar-refractivity contribution in [2.45, 2.75) is 0 Å². The van der Waals surface area contributed by atoms with Gasteiger partial charge in [0.1, 0.15) is 10.4 Å². The zero-order chi connectivity index (χ0) is 9.26. The Balaban J connectivity index is 2.32. The SMILES string of the molecule is Fc1ccc(C2=NCC(Br)=N2)cc1. The number of amidine groups is 1. The summed E-state index contributed by atoms with van der Waals surface area (Å²) in [5.41, 5.74) is 0.843. The van der Waals surface area contributed by atoms with Crippen LogP contribution in [0.15, 0.2) is 34.3 Å². The van der Waals surface area contributed by atoms with Gasteiger partial charge >= 0.3 is 0 Å². The third kappa shape index (κ3) is 1.83. The molecule has 0 amide bonds. The van der Waals surface area contributed by atoms with Gasteiger partial charge in [-0.1, -0.05) is 0 Å². The molecule has 0 atom stereocenters. The van der Waals surface area contributed by atoms with Crippen LogP contribution in [0, 0.1) is 5.82 Å². The zero-order valence-electron chi connectivity index (χ0n) is 6.67. The van der Waals surface area contributed by atoms with Crippen molar-refractivity contribution in [3.05, 3.63) is 35.6 Å². The van der Waals surface area contributed by atoms with Gasteiger partial charge in [-0.15, -0.1) is 0 Å². The largest absolute Gasteiger partial charge is 0.259 e. The van der Waals surface area contributed by atoms with Crippen molar-refractivity contribution in [3.63, 3.8) is 0 Å². The van der Waals surface area contributed by atoms with Crippen molar-refractivity contribution in [2.75, 3.05) is 6.54 Å². The van der Waals surface area contributed by atoms with E-state index in [9.17, 15) is 4.39 Å². The van der Waals surface area contributed by atoms with Gasteiger partial charge in [-0.25, -0.2) is 9.38 Å². The molecule has 66 valence electrons. The molecule has 1 aromatic rings. The molecule has 2 nitrogen and oxygen atoms in total. The minimum absolute atomic E-state index is 0.245. The van der Waals surface area contributed by atoms with Crippen molar-refractivity contribution in [1.82, 2.24) is 0 Å². The lowest BCUT2D eigenvalue weighted by Gasteiger charge is -1.95. The lowest BCUT2D eigenvalue weighted by atomic mass is 10.2. The Morgan fingerprint density at radius 1 is 1.23 bits per heavy atom. The Hall–Kier alpha value is -1.03. The van der Waals surface area contributed by atoms with E-state index in [1.54, 1.807) is 12.1 Å². The van der Waals surface area contributed by atoms with Crippen LogP contribution in [-0.2, 0) is 0 Å². The van der Waals surface area contributed by atoms with E-state index in [0.29, 0.717) is 12.4 Å². The summed E-state index contributed by atoms with van der Waals surface area (Å²) in [6.07, 6.45) is 0. The fourth-order valence-corrected chi connectivity index (χ4v) is 1.37. The smallest absolute Gasteiger partial charge is 0.155 e. The molecule has 0 saturated heterocycles. The summed E-state index contributed by atoms with van der Waals surface area (Å²) in [5.74, 6) is 0.414. The molecule has 0 bridgehead atoms. The lowest BCUT2D eigenvalue weighted by Crippen LogP contribution is -1.93. The van der Waals surface area contributed by atoms with Gasteiger partial charge in [0.2, 0.25) is 0 Å². The molecule has 0 aliphatic carbocycles. The number of hydrogen-bond donors (Lipinski definition) is 0. The number of halogens is 2. The van der Waals surface area contributed by atoms with Crippen LogP contribution in [0.4, 0.5) is 4.39 Å². The maximum absolute atomic E-state index is 12.6. The molecule has 0 N–H and O–H groups in total. The Labute approximate surface area is 83.3 Å². The van der Waals surface area contributed by atoms with Gasteiger partial charge in [0.15, 0.2) is 5.84 Å². The Morgan fingerprint density at radius 3 is 2.46 bits per heavy atom. The van der Waals surface area contributed by atoms with E-state index >= 15 is 0 Å². The molecule has 0 aromatic heterocycles. The van der Waals surface area contributed by atoms with Gasteiger partial charge in [0.25, 0.3) is 0 Å². The van der Waals surface area contributed by atoms with Crippen LogP contribution >= 0.6 is 15.9 Å². The molecular weight excluding hydrogens is 235 g/mol. The molecule has 0 spiro atoms. The number of nitrogens with zero attached hydrogens (tertiary/aromatic N) is 2. The van der Waals surface area contributed by atoms with E-state index in [0.717, 1.165) is 10.2 Å². The highest BCUT2D eigenvalue weighted by atomic mass is 79.9. The van der Waals surface area contributed by atoms with Crippen LogP contribution < -0.4 is 0 Å². The third-order valence-corrected chi connectivity index (χ3v) is 2.12. The first-order chi connectivity index (χ1) is 6.25. The minimum Gasteiger partial charge on any atom is -0.259 e. The van der Waals surface area contributed by atoms with E-state index < -0.39 is 0 Å². The molecule has 13 heavy (non-hydrogen) atoms. The van der Waals surface area contributed by atoms with Gasteiger partial charge in [0, 0.05) is 5.56 Å². The molecule has 0 unspecified atom stereocenters. The summed E-state index contributed by atoms with van der Waals surface area (Å²) in [6, 6.07) is 6.14. The molecule has 1 heterocycles. The van der Waals surface area contributed by atoms with E-state index in [4.69, 9.17) is 0 Å². The second kappa shape index (κ2) is 3.38. The number of hydrogen-bond acceptors (Lipinski definition) is 2. The molecule has 1 aliphatic rings. The highest BCUT2D eigenvalue weighted by Gasteiger charge is 2.09. The van der Waals surface area contributed by atoms with Crippen LogP contribution in [0.25, 0.3) is 0 Å². The highest BCUT2D eigenvalue weighted by molar-refractivity contribution is 9.18. The van der Waals surface area contributed by atoms with Gasteiger partial charge in [-0.05, 0) is 40.2 Å². The van der Waals surface area contributed by atoms with E-state index in [1.807, 2.05) is 0 Å². The fraction of sp³-hybridized carbons (Fsp3) is 0.111. The van der Waals surface area contributed by atoms with Crippen molar-refractivity contribution in [3.8, 4) is 0 Å². The van der Waals surface area contributed by atoms with E-state index in [-0.39, 0.29) is 5.82 Å². The fourth-order valence-electron chi connectivity index (χ4n) is 1.08. The average molecular weight is 241 g/mol. The Bertz CT molecular complexity index is 381. The van der Waals surface area contributed by atoms with Gasteiger partial charge in [0.05, 0.1) is 6.54 Å². The van der Waals surface area contributed by atoms with Crippen molar-refractivity contribution < 1.29 is 4.39 Å². The molecule has 2 rings (SSSR count). The first-order valence-corrected chi connectivity index (χ1v) is 4.58. The zero-order valence-corrected chi connectivity index (χ0v) is 8.25. The van der Waals surface area contributed by atoms with Crippen LogP contribution in [0.3, 0.4) is 0 Å². The molecule has 4 heteroatoms. The number of benzene rings is 1. The maximum atomic E-state index is 12.6. The van der Waals surface area contributed by atoms with Crippen LogP contribution in [-0.4, -0.2) is 17.0 Å². The van der Waals surface area contributed by atoms with Gasteiger partial charge in [-0.2, -0.15) is 0 Å². The molecule has 1 aliphatic heterocycles. The predicted molar refractivity (Wildman–Crippen MR) is 54.2 cm³/mol. The summed E-state index contributed by atoms with van der Waals surface area (Å²) >= 11 is 3.25. The summed E-state index contributed by atoms with van der Waals surface area (Å²) in [7, 11) is 0. The van der Waals surface area contributed by atoms with Crippen LogP contribution in [0.5, 0.6) is 0 Å². The Kier molecular flexibility index (Phi) is 2.22. The second-order valence-corrected chi connectivity index (χ2v) is 3.55. The molecule has 0 radical (unpaired) electrons. The normalized spacial score (nSPS) is 15.5. The predicted octanol–water partition coefficient (Wildman–Crippen LogP) is 2.38. The molecule has 0 fully saturated rings. The summed E-state index contributed by atoms with van der Waals surface area (Å²) < 4.78 is 13.4. The molecule has 0 saturated carbocycles. The molecular formula is C9H6BrFN2. The van der Waals surface area contributed by atoms with Crippen molar-refractivity contribution in [2.24, 2.45) is 9.98 Å². The second-order valence-electron chi connectivity index (χ2n) is 2.63. The minimum atomic E-state index is -0.245. The average Bonchev–Trinajstić information content (AvgIpc) is 2.53. The third-order valence-electron chi connectivity index (χ3n) is 1.69. The van der Waals surface area contributed by atoms with E-state index in [2.05, 4.69) is 25.9 Å².